The zero-order valence-electron chi connectivity index (χ0n) is 15.5. The summed E-state index contributed by atoms with van der Waals surface area (Å²) in [6.07, 6.45) is 4.16. The van der Waals surface area contributed by atoms with Gasteiger partial charge in [-0.2, -0.15) is 5.10 Å². The third-order valence-corrected chi connectivity index (χ3v) is 5.09. The lowest BCUT2D eigenvalue weighted by Crippen LogP contribution is -2.15. The Morgan fingerprint density at radius 2 is 2.07 bits per heavy atom. The maximum Gasteiger partial charge on any atom is 0.228 e. The molecule has 3 aromatic rings. The molecule has 6 nitrogen and oxygen atoms in total. The molecule has 1 aromatic carbocycles. The van der Waals surface area contributed by atoms with Gasteiger partial charge in [0.15, 0.2) is 0 Å². The fourth-order valence-corrected chi connectivity index (χ4v) is 3.49. The van der Waals surface area contributed by atoms with Crippen LogP contribution in [0.2, 0.25) is 0 Å². The van der Waals surface area contributed by atoms with Gasteiger partial charge in [-0.25, -0.2) is 18.4 Å². The Morgan fingerprint density at radius 1 is 1.21 bits per heavy atom. The molecule has 1 saturated carbocycles. The molecule has 1 fully saturated rings. The van der Waals surface area contributed by atoms with E-state index in [2.05, 4.69) is 15.4 Å². The van der Waals surface area contributed by atoms with E-state index < -0.39 is 11.6 Å². The fourth-order valence-electron chi connectivity index (χ4n) is 3.49. The summed E-state index contributed by atoms with van der Waals surface area (Å²) in [7, 11) is 0. The van der Waals surface area contributed by atoms with Gasteiger partial charge in [-0.05, 0) is 42.7 Å². The zero-order valence-corrected chi connectivity index (χ0v) is 15.5. The molecule has 0 unspecified atom stereocenters. The molecule has 2 aliphatic rings. The van der Waals surface area contributed by atoms with Crippen LogP contribution in [-0.4, -0.2) is 27.3 Å². The number of halogens is 2. The Morgan fingerprint density at radius 3 is 2.86 bits per heavy atom. The minimum absolute atomic E-state index is 0.0484. The van der Waals surface area contributed by atoms with Crippen molar-refractivity contribution in [1.29, 1.82) is 0 Å². The van der Waals surface area contributed by atoms with Crippen LogP contribution >= 0.6 is 0 Å². The number of hydrogen-bond donors (Lipinski definition) is 1. The number of carbonyl (C=O) groups is 1. The van der Waals surface area contributed by atoms with Crippen molar-refractivity contribution in [3.05, 3.63) is 48.2 Å². The number of aryl methyl sites for hydroxylation is 1. The number of aromatic nitrogens is 3. The first-order valence-electron chi connectivity index (χ1n) is 9.56. The van der Waals surface area contributed by atoms with Crippen molar-refractivity contribution in [2.45, 2.75) is 25.8 Å². The Labute approximate surface area is 165 Å². The van der Waals surface area contributed by atoms with Crippen LogP contribution in [0.15, 0.2) is 36.5 Å². The van der Waals surface area contributed by atoms with E-state index in [-0.39, 0.29) is 17.4 Å². The molecule has 29 heavy (non-hydrogen) atoms. The highest BCUT2D eigenvalue weighted by Crippen LogP contribution is 2.42. The van der Waals surface area contributed by atoms with E-state index in [1.54, 1.807) is 23.0 Å². The lowest BCUT2D eigenvalue weighted by Gasteiger charge is -2.16. The summed E-state index contributed by atoms with van der Waals surface area (Å²) in [5, 5.41) is 7.36. The van der Waals surface area contributed by atoms with Crippen molar-refractivity contribution in [1.82, 2.24) is 14.8 Å². The highest BCUT2D eigenvalue weighted by Gasteiger charge is 2.30. The normalized spacial score (nSPS) is 15.5. The molecule has 3 heterocycles. The molecule has 0 atom stereocenters. The number of benzene rings is 1. The number of amides is 1. The summed E-state index contributed by atoms with van der Waals surface area (Å²) in [6, 6.07) is 6.90. The van der Waals surface area contributed by atoms with Crippen molar-refractivity contribution in [3.63, 3.8) is 0 Å². The van der Waals surface area contributed by atoms with E-state index in [9.17, 15) is 13.6 Å². The van der Waals surface area contributed by atoms with Crippen LogP contribution in [0.25, 0.3) is 22.4 Å². The molecular weight excluding hydrogens is 378 g/mol. The van der Waals surface area contributed by atoms with Crippen LogP contribution in [0.5, 0.6) is 5.88 Å². The molecular formula is C21H18F2N4O2. The Hall–Kier alpha value is -3.29. The number of hydrogen-bond acceptors (Lipinski definition) is 4. The lowest BCUT2D eigenvalue weighted by atomic mass is 10.0. The number of rotatable bonds is 4. The van der Waals surface area contributed by atoms with Crippen molar-refractivity contribution in [2.75, 3.05) is 11.9 Å². The lowest BCUT2D eigenvalue weighted by molar-refractivity contribution is -0.117. The number of ether oxygens (including phenoxy) is 1. The van der Waals surface area contributed by atoms with Gasteiger partial charge in [-0.3, -0.25) is 4.79 Å². The summed E-state index contributed by atoms with van der Waals surface area (Å²) >= 11 is 0. The van der Waals surface area contributed by atoms with E-state index in [4.69, 9.17) is 4.74 Å². The number of fused-ring (bicyclic) bond motifs is 1. The van der Waals surface area contributed by atoms with Crippen LogP contribution in [-0.2, 0) is 11.3 Å². The second-order valence-corrected chi connectivity index (χ2v) is 7.27. The molecule has 1 amide bonds. The number of carbonyl (C=O) groups excluding carboxylic acids is 1. The minimum atomic E-state index is -0.696. The summed E-state index contributed by atoms with van der Waals surface area (Å²) in [4.78, 5) is 16.3. The molecule has 0 saturated heterocycles. The SMILES string of the molecule is O=C(Nc1cc(-c2c(-c3ccc(F)cc3F)nn3c2OCCC3)ccn1)C1CC1. The molecule has 5 rings (SSSR count). The first-order chi connectivity index (χ1) is 14.1. The van der Waals surface area contributed by atoms with Gasteiger partial charge in [0.2, 0.25) is 11.8 Å². The van der Waals surface area contributed by atoms with E-state index in [0.29, 0.717) is 41.7 Å². The van der Waals surface area contributed by atoms with Crippen molar-refractivity contribution < 1.29 is 18.3 Å². The molecule has 8 heteroatoms. The Balaban J connectivity index is 1.62. The standard InChI is InChI=1S/C21H18F2N4O2/c22-14-4-5-15(16(23)11-14)19-18(21-27(26-19)8-1-9-29-21)13-6-7-24-17(10-13)25-20(28)12-2-3-12/h4-7,10-12H,1-3,8-9H2,(H,24,25,28). The number of anilines is 1. The maximum absolute atomic E-state index is 14.5. The molecule has 148 valence electrons. The van der Waals surface area contributed by atoms with Crippen molar-refractivity contribution in [2.24, 2.45) is 5.92 Å². The quantitative estimate of drug-likeness (QED) is 0.723. The number of nitrogens with zero attached hydrogens (tertiary/aromatic N) is 3. The topological polar surface area (TPSA) is 69.0 Å². The van der Waals surface area contributed by atoms with Crippen LogP contribution < -0.4 is 10.1 Å². The molecule has 2 aromatic heterocycles. The zero-order chi connectivity index (χ0) is 20.0. The molecule has 0 bridgehead atoms. The van der Waals surface area contributed by atoms with Crippen LogP contribution in [0.1, 0.15) is 19.3 Å². The maximum atomic E-state index is 14.5. The summed E-state index contributed by atoms with van der Waals surface area (Å²) in [5.74, 6) is -0.398. The predicted octanol–water partition coefficient (Wildman–Crippen LogP) is 4.02. The third-order valence-electron chi connectivity index (χ3n) is 5.09. The first kappa shape index (κ1) is 17.8. The van der Waals surface area contributed by atoms with Gasteiger partial charge >= 0.3 is 0 Å². The number of pyridine rings is 1. The van der Waals surface area contributed by atoms with Gasteiger partial charge in [-0.1, -0.05) is 0 Å². The third kappa shape index (κ3) is 3.35. The van der Waals surface area contributed by atoms with Crippen LogP contribution in [0, 0.1) is 17.6 Å². The second-order valence-electron chi connectivity index (χ2n) is 7.27. The van der Waals surface area contributed by atoms with E-state index in [1.165, 1.54) is 12.1 Å². The van der Waals surface area contributed by atoms with Crippen LogP contribution in [0.4, 0.5) is 14.6 Å². The smallest absolute Gasteiger partial charge is 0.228 e. The van der Waals surface area contributed by atoms with E-state index in [1.807, 2.05) is 0 Å². The van der Waals surface area contributed by atoms with Crippen molar-refractivity contribution in [3.8, 4) is 28.3 Å². The molecule has 1 N–H and O–H groups in total. The van der Waals surface area contributed by atoms with Gasteiger partial charge in [-0.15, -0.1) is 0 Å². The average Bonchev–Trinajstić information content (AvgIpc) is 3.49. The highest BCUT2D eigenvalue weighted by molar-refractivity contribution is 5.94. The second kappa shape index (κ2) is 6.95. The van der Waals surface area contributed by atoms with E-state index >= 15 is 0 Å². The summed E-state index contributed by atoms with van der Waals surface area (Å²) in [6.45, 7) is 1.17. The van der Waals surface area contributed by atoms with Gasteiger partial charge in [0.25, 0.3) is 0 Å². The first-order valence-corrected chi connectivity index (χ1v) is 9.56. The Bertz CT molecular complexity index is 1110. The number of nitrogens with one attached hydrogen (secondary N) is 1. The van der Waals surface area contributed by atoms with Gasteiger partial charge in [0.1, 0.15) is 23.1 Å². The molecule has 0 spiro atoms. The van der Waals surface area contributed by atoms with Crippen molar-refractivity contribution >= 4 is 11.7 Å². The molecule has 0 radical (unpaired) electrons. The van der Waals surface area contributed by atoms with Gasteiger partial charge in [0, 0.05) is 36.7 Å². The Kier molecular flexibility index (Phi) is 4.26. The largest absolute Gasteiger partial charge is 0.477 e. The minimum Gasteiger partial charge on any atom is -0.477 e. The fraction of sp³-hybridized carbons (Fsp3) is 0.286. The van der Waals surface area contributed by atoms with Gasteiger partial charge in [0.05, 0.1) is 12.2 Å². The molecule has 1 aliphatic heterocycles. The summed E-state index contributed by atoms with van der Waals surface area (Å²) < 4.78 is 35.5. The summed E-state index contributed by atoms with van der Waals surface area (Å²) in [5.41, 5.74) is 1.84. The van der Waals surface area contributed by atoms with E-state index in [0.717, 1.165) is 25.3 Å². The highest BCUT2D eigenvalue weighted by atomic mass is 19.1. The predicted molar refractivity (Wildman–Crippen MR) is 102 cm³/mol. The van der Waals surface area contributed by atoms with Gasteiger partial charge < -0.3 is 10.1 Å². The molecule has 1 aliphatic carbocycles. The monoisotopic (exact) mass is 396 g/mol. The average molecular weight is 396 g/mol. The van der Waals surface area contributed by atoms with Crippen LogP contribution in [0.3, 0.4) is 0 Å².